The lowest BCUT2D eigenvalue weighted by atomic mass is 10.1. The predicted molar refractivity (Wildman–Crippen MR) is 82.6 cm³/mol. The highest BCUT2D eigenvalue weighted by atomic mass is 127. The van der Waals surface area contributed by atoms with E-state index in [-0.39, 0.29) is 6.61 Å². The van der Waals surface area contributed by atoms with Gasteiger partial charge in [-0.05, 0) is 0 Å². The lowest BCUT2D eigenvalue weighted by Gasteiger charge is -2.17. The van der Waals surface area contributed by atoms with Gasteiger partial charge in [0, 0.05) is 29.6 Å². The second-order valence-corrected chi connectivity index (χ2v) is 5.70. The zero-order valence-corrected chi connectivity index (χ0v) is 13.3. The lowest BCUT2D eigenvalue weighted by Crippen LogP contribution is -2.41. The van der Waals surface area contributed by atoms with Gasteiger partial charge >= 0.3 is 0 Å². The van der Waals surface area contributed by atoms with Crippen molar-refractivity contribution in [1.29, 1.82) is 0 Å². The molecule has 0 amide bonds. The molecule has 0 aromatic carbocycles. The minimum atomic E-state index is -0.954. The van der Waals surface area contributed by atoms with Crippen LogP contribution in [0.3, 0.4) is 0 Å². The Hall–Kier alpha value is -1.08. The van der Waals surface area contributed by atoms with Gasteiger partial charge in [0.1, 0.15) is 12.2 Å². The summed E-state index contributed by atoms with van der Waals surface area (Å²) in [6.07, 6.45) is -0.786. The maximum atomic E-state index is 10.2. The molecule has 4 atom stereocenters. The summed E-state index contributed by atoms with van der Waals surface area (Å²) in [5, 5.41) is 22.4. The number of aliphatic hydroxyl groups excluding tert-OH is 2. The molecule has 0 bridgehead atoms. The maximum absolute atomic E-state index is 10.2. The van der Waals surface area contributed by atoms with Gasteiger partial charge in [0.05, 0.1) is 19.0 Å². The number of halogens is 1. The van der Waals surface area contributed by atoms with E-state index >= 15 is 0 Å². The third kappa shape index (κ3) is 2.36. The van der Waals surface area contributed by atoms with Gasteiger partial charge in [0.25, 0.3) is 0 Å². The molecular weight excluding hydrogens is 391 g/mol. The Morgan fingerprint density at radius 1 is 1.52 bits per heavy atom. The van der Waals surface area contributed by atoms with Crippen molar-refractivity contribution in [1.82, 2.24) is 19.5 Å². The van der Waals surface area contributed by atoms with Crippen LogP contribution in [0.25, 0.3) is 11.2 Å². The smallest absolute Gasteiger partial charge is 0.194 e. The first-order chi connectivity index (χ1) is 10.1. The fraction of sp³-hybridized carbons (Fsp3) is 0.545. The molecule has 0 radical (unpaired) electrons. The van der Waals surface area contributed by atoms with Gasteiger partial charge in [-0.25, -0.2) is 15.0 Å². The third-order valence-electron chi connectivity index (χ3n) is 3.52. The van der Waals surface area contributed by atoms with E-state index in [0.717, 1.165) is 0 Å². The Morgan fingerprint density at radius 3 is 2.90 bits per heavy atom. The Morgan fingerprint density at radius 2 is 2.29 bits per heavy atom. The molecular formula is C11H15IN6O3. The topological polar surface area (TPSA) is 131 Å². The number of nitrogens with one attached hydrogen (secondary N) is 1. The van der Waals surface area contributed by atoms with Crippen LogP contribution in [0.15, 0.2) is 6.33 Å². The Kier molecular flexibility index (Phi) is 3.96. The zero-order valence-electron chi connectivity index (χ0n) is 11.1. The van der Waals surface area contributed by atoms with Crippen LogP contribution in [0, 0.1) is 3.83 Å². The summed E-state index contributed by atoms with van der Waals surface area (Å²) in [5.41, 5.74) is 6.96. The van der Waals surface area contributed by atoms with E-state index in [0.29, 0.717) is 20.8 Å². The molecule has 1 fully saturated rings. The number of aromatic nitrogens is 4. The average Bonchev–Trinajstić information content (AvgIpc) is 3.01. The fourth-order valence-electron chi connectivity index (χ4n) is 2.41. The minimum absolute atomic E-state index is 0.254. The monoisotopic (exact) mass is 406 g/mol. The largest absolute Gasteiger partial charge is 0.394 e. The minimum Gasteiger partial charge on any atom is -0.394 e. The summed E-state index contributed by atoms with van der Waals surface area (Å²) in [7, 11) is 1.75. The number of hydrogen-bond acceptors (Lipinski definition) is 8. The van der Waals surface area contributed by atoms with Crippen LogP contribution in [0.1, 0.15) is 6.23 Å². The van der Waals surface area contributed by atoms with Crippen LogP contribution in [-0.4, -0.2) is 61.6 Å². The van der Waals surface area contributed by atoms with Gasteiger partial charge in [-0.15, -0.1) is 0 Å². The summed E-state index contributed by atoms with van der Waals surface area (Å²) >= 11 is 2.00. The molecule has 2 aromatic rings. The molecule has 3 rings (SSSR count). The number of nitrogens with zero attached hydrogens (tertiary/aromatic N) is 4. The second kappa shape index (κ2) is 5.61. The highest BCUT2D eigenvalue weighted by Gasteiger charge is 2.42. The number of rotatable bonds is 3. The standard InChI is InChI=1S/C11H15IN6O3/c1-14-8-6-9(17-11(12)16-8)18(3-15-6)10-7(20)5(13)4(2-19)21-10/h3-5,7,10,19-20H,2,13H2,1H3,(H,14,16,17). The Bertz CT molecular complexity index is 665. The zero-order chi connectivity index (χ0) is 15.1. The van der Waals surface area contributed by atoms with Gasteiger partial charge in [-0.1, -0.05) is 0 Å². The maximum Gasteiger partial charge on any atom is 0.194 e. The van der Waals surface area contributed by atoms with Crippen molar-refractivity contribution in [3.63, 3.8) is 0 Å². The van der Waals surface area contributed by atoms with Crippen molar-refractivity contribution in [3.8, 4) is 0 Å². The van der Waals surface area contributed by atoms with Crippen LogP contribution in [0.2, 0.25) is 0 Å². The summed E-state index contributed by atoms with van der Waals surface area (Å²) < 4.78 is 7.77. The van der Waals surface area contributed by atoms with E-state index < -0.39 is 24.5 Å². The first kappa shape index (κ1) is 14.8. The molecule has 4 unspecified atom stereocenters. The van der Waals surface area contributed by atoms with E-state index in [1.54, 1.807) is 11.6 Å². The molecule has 114 valence electrons. The third-order valence-corrected chi connectivity index (χ3v) is 4.00. The molecule has 2 aromatic heterocycles. The number of nitrogens with two attached hydrogens (primary N) is 1. The lowest BCUT2D eigenvalue weighted by molar-refractivity contribution is -0.0488. The highest BCUT2D eigenvalue weighted by molar-refractivity contribution is 14.1. The molecule has 5 N–H and O–H groups in total. The molecule has 1 aliphatic rings. The predicted octanol–water partition coefficient (Wildman–Crippen LogP) is -0.950. The molecule has 9 nitrogen and oxygen atoms in total. The normalized spacial score (nSPS) is 29.2. The van der Waals surface area contributed by atoms with Crippen molar-refractivity contribution >= 4 is 39.6 Å². The summed E-state index contributed by atoms with van der Waals surface area (Å²) in [5.74, 6) is 0.596. The molecule has 0 aliphatic carbocycles. The van der Waals surface area contributed by atoms with Crippen molar-refractivity contribution in [2.75, 3.05) is 19.0 Å². The number of ether oxygens (including phenoxy) is 1. The van der Waals surface area contributed by atoms with Crippen LogP contribution in [-0.2, 0) is 4.74 Å². The van der Waals surface area contributed by atoms with Crippen LogP contribution in [0.5, 0.6) is 0 Å². The number of anilines is 1. The van der Waals surface area contributed by atoms with Crippen LogP contribution < -0.4 is 11.1 Å². The molecule has 3 heterocycles. The van der Waals surface area contributed by atoms with Crippen LogP contribution in [0.4, 0.5) is 5.82 Å². The van der Waals surface area contributed by atoms with E-state index in [4.69, 9.17) is 10.5 Å². The number of imidazole rings is 1. The van der Waals surface area contributed by atoms with E-state index in [1.807, 2.05) is 22.6 Å². The van der Waals surface area contributed by atoms with E-state index in [2.05, 4.69) is 20.3 Å². The number of hydrogen-bond donors (Lipinski definition) is 4. The Labute approximate surface area is 133 Å². The highest BCUT2D eigenvalue weighted by Crippen LogP contribution is 2.31. The van der Waals surface area contributed by atoms with Crippen molar-refractivity contribution in [2.24, 2.45) is 5.73 Å². The summed E-state index contributed by atoms with van der Waals surface area (Å²) in [6.45, 7) is -0.254. The Balaban J connectivity index is 2.07. The van der Waals surface area contributed by atoms with Gasteiger partial charge < -0.3 is 26.0 Å². The van der Waals surface area contributed by atoms with Gasteiger partial charge in [-0.3, -0.25) is 4.57 Å². The van der Waals surface area contributed by atoms with Crippen LogP contribution >= 0.6 is 22.6 Å². The molecule has 1 saturated heterocycles. The van der Waals surface area contributed by atoms with E-state index in [1.165, 1.54) is 6.33 Å². The van der Waals surface area contributed by atoms with Crippen molar-refractivity contribution in [3.05, 3.63) is 10.2 Å². The van der Waals surface area contributed by atoms with Crippen molar-refractivity contribution < 1.29 is 14.9 Å². The summed E-state index contributed by atoms with van der Waals surface area (Å²) in [4.78, 5) is 12.8. The molecule has 0 spiro atoms. The number of aliphatic hydroxyl groups is 2. The van der Waals surface area contributed by atoms with Gasteiger partial charge in [0.2, 0.25) is 0 Å². The number of fused-ring (bicyclic) bond motifs is 1. The molecule has 10 heteroatoms. The SMILES string of the molecule is CNc1nc(I)nc2c1ncn2C1OC(CO)C(N)C1O. The van der Waals surface area contributed by atoms with Gasteiger partial charge in [0.15, 0.2) is 27.0 Å². The van der Waals surface area contributed by atoms with Crippen molar-refractivity contribution in [2.45, 2.75) is 24.5 Å². The first-order valence-electron chi connectivity index (χ1n) is 6.34. The first-order valence-corrected chi connectivity index (χ1v) is 7.42. The second-order valence-electron chi connectivity index (χ2n) is 4.73. The summed E-state index contributed by atoms with van der Waals surface area (Å²) in [6, 6.07) is -0.665. The quantitative estimate of drug-likeness (QED) is 0.379. The fourth-order valence-corrected chi connectivity index (χ4v) is 2.88. The average molecular weight is 406 g/mol. The van der Waals surface area contributed by atoms with E-state index in [9.17, 15) is 10.2 Å². The molecule has 0 saturated carbocycles. The van der Waals surface area contributed by atoms with Gasteiger partial charge in [-0.2, -0.15) is 0 Å². The molecule has 1 aliphatic heterocycles. The molecule has 21 heavy (non-hydrogen) atoms.